The van der Waals surface area contributed by atoms with Crippen LogP contribution in [0.2, 0.25) is 0 Å². The van der Waals surface area contributed by atoms with Crippen LogP contribution in [0.4, 0.5) is 4.79 Å². The lowest BCUT2D eigenvalue weighted by atomic mass is 9.49. The summed E-state index contributed by atoms with van der Waals surface area (Å²) >= 11 is 13.9. The highest BCUT2D eigenvalue weighted by atomic mass is 35.5. The molecule has 0 radical (unpaired) electrons. The minimum Gasteiger partial charge on any atom is -0.465 e. The summed E-state index contributed by atoms with van der Waals surface area (Å²) in [5.74, 6) is 1.09. The van der Waals surface area contributed by atoms with E-state index in [1.807, 2.05) is 30.3 Å². The third-order valence-electron chi connectivity index (χ3n) is 6.06. The van der Waals surface area contributed by atoms with Crippen LogP contribution in [0.25, 0.3) is 0 Å². The molecule has 1 aromatic rings. The summed E-state index contributed by atoms with van der Waals surface area (Å²) in [6, 6.07) is 9.56. The Hall–Kier alpha value is -0.930. The largest absolute Gasteiger partial charge is 0.465 e. The van der Waals surface area contributed by atoms with Crippen LogP contribution in [-0.4, -0.2) is 20.9 Å². The smallest absolute Gasteiger partial charge is 0.405 e. The summed E-state index contributed by atoms with van der Waals surface area (Å²) in [7, 11) is 0. The van der Waals surface area contributed by atoms with Gasteiger partial charge in [-0.15, -0.1) is 23.2 Å². The minimum atomic E-state index is -0.992. The van der Waals surface area contributed by atoms with E-state index in [9.17, 15) is 9.90 Å². The van der Waals surface area contributed by atoms with Crippen molar-refractivity contribution in [2.75, 3.05) is 0 Å². The summed E-state index contributed by atoms with van der Waals surface area (Å²) in [6.07, 6.45) is 3.88. The van der Waals surface area contributed by atoms with Crippen LogP contribution >= 0.6 is 23.2 Å². The standard InChI is InChI=1S/C18H21Cl2NO2/c19-17-7-11-6-13(9-17)14(18(20,8-11)10-17)15(21-16(22)23)12-4-2-1-3-5-12/h1-5,11,13-15,21H,6-10H2,(H,22,23)/t11-,13+,14-,15+,17+,18+/m1/s1. The van der Waals surface area contributed by atoms with E-state index in [1.54, 1.807) is 0 Å². The first-order valence-electron chi connectivity index (χ1n) is 8.31. The molecule has 0 aromatic heterocycles. The monoisotopic (exact) mass is 353 g/mol. The first-order chi connectivity index (χ1) is 10.9. The maximum atomic E-state index is 11.4. The van der Waals surface area contributed by atoms with Gasteiger partial charge in [-0.2, -0.15) is 0 Å². The number of hydrogen-bond donors (Lipinski definition) is 2. The van der Waals surface area contributed by atoms with Gasteiger partial charge >= 0.3 is 6.09 Å². The Labute approximate surface area is 146 Å². The minimum absolute atomic E-state index is 0.103. The number of benzene rings is 1. The van der Waals surface area contributed by atoms with Crippen molar-refractivity contribution >= 4 is 29.3 Å². The maximum absolute atomic E-state index is 11.4. The van der Waals surface area contributed by atoms with Gasteiger partial charge in [-0.05, 0) is 49.5 Å². The highest BCUT2D eigenvalue weighted by Gasteiger charge is 2.63. The van der Waals surface area contributed by atoms with E-state index in [1.165, 1.54) is 0 Å². The lowest BCUT2D eigenvalue weighted by Gasteiger charge is -2.63. The first-order valence-corrected chi connectivity index (χ1v) is 9.06. The van der Waals surface area contributed by atoms with Crippen molar-refractivity contribution in [3.63, 3.8) is 0 Å². The topological polar surface area (TPSA) is 49.3 Å². The molecule has 0 unspecified atom stereocenters. The molecule has 1 amide bonds. The predicted octanol–water partition coefficient (Wildman–Crippen LogP) is 4.79. The van der Waals surface area contributed by atoms with Gasteiger partial charge in [0, 0.05) is 10.8 Å². The Kier molecular flexibility index (Phi) is 3.58. The molecule has 0 aliphatic heterocycles. The quantitative estimate of drug-likeness (QED) is 0.767. The molecule has 5 heteroatoms. The Bertz CT molecular complexity index is 625. The molecule has 6 atom stereocenters. The first kappa shape index (κ1) is 15.6. The molecule has 0 saturated heterocycles. The summed E-state index contributed by atoms with van der Waals surface area (Å²) < 4.78 is 0. The Morgan fingerprint density at radius 3 is 2.57 bits per heavy atom. The number of nitrogens with one attached hydrogen (secondary N) is 1. The summed E-state index contributed by atoms with van der Waals surface area (Å²) in [5, 5.41) is 12.1. The number of carbonyl (C=O) groups is 1. The number of halogens is 2. The average molecular weight is 354 g/mol. The summed E-state index contributed by atoms with van der Waals surface area (Å²) in [6.45, 7) is 0. The second-order valence-corrected chi connectivity index (χ2v) is 9.25. The summed E-state index contributed by atoms with van der Waals surface area (Å²) in [5.41, 5.74) is 0.996. The SMILES string of the molecule is O=C(O)N[C@@H](c1ccccc1)[C@H]1[C@H]2C[C@@H]3C[C@](Cl)(C2)C[C@@]1(Cl)C3. The zero-order chi connectivity index (χ0) is 16.2. The molecule has 1 aromatic carbocycles. The van der Waals surface area contributed by atoms with E-state index < -0.39 is 11.0 Å². The fourth-order valence-electron chi connectivity index (χ4n) is 5.74. The number of alkyl halides is 2. The fourth-order valence-corrected chi connectivity index (χ4v) is 7.24. The van der Waals surface area contributed by atoms with Gasteiger partial charge < -0.3 is 10.4 Å². The van der Waals surface area contributed by atoms with Crippen molar-refractivity contribution in [2.45, 2.75) is 47.9 Å². The van der Waals surface area contributed by atoms with E-state index in [2.05, 4.69) is 5.32 Å². The molecular weight excluding hydrogens is 333 g/mol. The van der Waals surface area contributed by atoms with Crippen molar-refractivity contribution in [3.05, 3.63) is 35.9 Å². The van der Waals surface area contributed by atoms with Crippen molar-refractivity contribution < 1.29 is 9.90 Å². The lowest BCUT2D eigenvalue weighted by molar-refractivity contribution is -0.0237. The van der Waals surface area contributed by atoms with Crippen LogP contribution < -0.4 is 5.32 Å². The van der Waals surface area contributed by atoms with Gasteiger partial charge in [-0.25, -0.2) is 4.79 Å². The van der Waals surface area contributed by atoms with Crippen LogP contribution in [0.3, 0.4) is 0 Å². The summed E-state index contributed by atoms with van der Waals surface area (Å²) in [4.78, 5) is 10.8. The molecule has 4 aliphatic carbocycles. The number of amides is 1. The van der Waals surface area contributed by atoms with Gasteiger partial charge in [-0.1, -0.05) is 30.3 Å². The van der Waals surface area contributed by atoms with Gasteiger partial charge in [0.25, 0.3) is 0 Å². The van der Waals surface area contributed by atoms with Crippen molar-refractivity contribution in [1.82, 2.24) is 5.32 Å². The van der Waals surface area contributed by atoms with Crippen LogP contribution in [-0.2, 0) is 0 Å². The van der Waals surface area contributed by atoms with E-state index in [0.29, 0.717) is 11.8 Å². The molecule has 5 rings (SSSR count). The van der Waals surface area contributed by atoms with Crippen LogP contribution in [0, 0.1) is 17.8 Å². The van der Waals surface area contributed by atoms with Crippen molar-refractivity contribution in [3.8, 4) is 0 Å². The second-order valence-electron chi connectivity index (χ2n) is 7.70. The van der Waals surface area contributed by atoms with Crippen LogP contribution in [0.5, 0.6) is 0 Å². The maximum Gasteiger partial charge on any atom is 0.405 e. The average Bonchev–Trinajstić information content (AvgIpc) is 2.43. The third kappa shape index (κ3) is 2.62. The van der Waals surface area contributed by atoms with E-state index in [0.717, 1.165) is 37.7 Å². The van der Waals surface area contributed by atoms with E-state index >= 15 is 0 Å². The molecule has 23 heavy (non-hydrogen) atoms. The molecule has 0 heterocycles. The van der Waals surface area contributed by atoms with Gasteiger partial charge in [0.15, 0.2) is 0 Å². The molecule has 2 N–H and O–H groups in total. The molecule has 124 valence electrons. The molecule has 4 saturated carbocycles. The Morgan fingerprint density at radius 2 is 1.96 bits per heavy atom. The highest BCUT2D eigenvalue weighted by Crippen LogP contribution is 2.66. The molecule has 4 aliphatic rings. The van der Waals surface area contributed by atoms with Gasteiger partial charge in [0.2, 0.25) is 0 Å². The number of rotatable bonds is 3. The van der Waals surface area contributed by atoms with Gasteiger partial charge in [0.1, 0.15) is 0 Å². The van der Waals surface area contributed by atoms with E-state index in [-0.39, 0.29) is 16.8 Å². The Morgan fingerprint density at radius 1 is 1.22 bits per heavy atom. The van der Waals surface area contributed by atoms with Crippen LogP contribution in [0.1, 0.15) is 43.7 Å². The molecular formula is C18H21Cl2NO2. The normalized spacial score (nSPS) is 42.4. The molecule has 4 bridgehead atoms. The van der Waals surface area contributed by atoms with Crippen LogP contribution in [0.15, 0.2) is 30.3 Å². The van der Waals surface area contributed by atoms with Crippen molar-refractivity contribution in [2.24, 2.45) is 17.8 Å². The fraction of sp³-hybridized carbons (Fsp3) is 0.611. The molecule has 0 spiro atoms. The lowest BCUT2D eigenvalue weighted by Crippen LogP contribution is -2.62. The Balaban J connectivity index is 1.73. The zero-order valence-corrected chi connectivity index (χ0v) is 14.4. The van der Waals surface area contributed by atoms with Crippen molar-refractivity contribution in [1.29, 1.82) is 0 Å². The predicted molar refractivity (Wildman–Crippen MR) is 91.1 cm³/mol. The van der Waals surface area contributed by atoms with Gasteiger partial charge in [-0.3, -0.25) is 0 Å². The zero-order valence-electron chi connectivity index (χ0n) is 12.8. The third-order valence-corrected chi connectivity index (χ3v) is 7.04. The highest BCUT2D eigenvalue weighted by molar-refractivity contribution is 6.28. The van der Waals surface area contributed by atoms with Gasteiger partial charge in [0.05, 0.1) is 10.9 Å². The molecule has 4 fully saturated rings. The second kappa shape index (κ2) is 5.29. The number of hydrogen-bond acceptors (Lipinski definition) is 1. The molecule has 3 nitrogen and oxygen atoms in total. The number of carboxylic acid groups (broad SMARTS) is 1. The van der Waals surface area contributed by atoms with E-state index in [4.69, 9.17) is 23.2 Å².